The van der Waals surface area contributed by atoms with Crippen LogP contribution in [0, 0.1) is 5.92 Å². The first kappa shape index (κ1) is 19.3. The molecule has 0 spiro atoms. The van der Waals surface area contributed by atoms with Crippen molar-refractivity contribution in [3.63, 3.8) is 0 Å². The number of Topliss-reactive ketones (excluding diaryl/α,β-unsaturated/α-hetero) is 1. The molecule has 1 atom stereocenters. The second-order valence-electron chi connectivity index (χ2n) is 6.73. The van der Waals surface area contributed by atoms with Crippen LogP contribution in [0.25, 0.3) is 0 Å². The molecule has 27 heavy (non-hydrogen) atoms. The average Bonchev–Trinajstić information content (AvgIpc) is 3.06. The van der Waals surface area contributed by atoms with E-state index in [0.29, 0.717) is 12.0 Å². The third-order valence-corrected chi connectivity index (χ3v) is 6.63. The van der Waals surface area contributed by atoms with E-state index in [-0.39, 0.29) is 29.5 Å². The summed E-state index contributed by atoms with van der Waals surface area (Å²) in [6, 6.07) is 13.8. The maximum Gasteiger partial charge on any atom is 0.310 e. The molecule has 0 saturated carbocycles. The summed E-state index contributed by atoms with van der Waals surface area (Å²) in [7, 11) is -3.57. The van der Waals surface area contributed by atoms with Crippen molar-refractivity contribution < 1.29 is 22.7 Å². The lowest BCUT2D eigenvalue weighted by atomic mass is 10.0. The van der Waals surface area contributed by atoms with Gasteiger partial charge in [-0.15, -0.1) is 0 Å². The highest BCUT2D eigenvalue weighted by atomic mass is 32.2. The molecule has 0 amide bonds. The van der Waals surface area contributed by atoms with Gasteiger partial charge in [0.2, 0.25) is 0 Å². The average molecular weight is 386 g/mol. The second kappa shape index (κ2) is 8.05. The first-order chi connectivity index (χ1) is 12.9. The molecule has 0 radical (unpaired) electrons. The van der Waals surface area contributed by atoms with E-state index in [1.807, 2.05) is 24.3 Å². The zero-order valence-electron chi connectivity index (χ0n) is 15.2. The van der Waals surface area contributed by atoms with Crippen LogP contribution in [0.1, 0.15) is 34.8 Å². The molecule has 1 heterocycles. The van der Waals surface area contributed by atoms with E-state index < -0.39 is 21.7 Å². The number of carbonyl (C=O) groups excluding carboxylic acids is 2. The fourth-order valence-electron chi connectivity index (χ4n) is 3.08. The SMILES string of the molecule is CCc1ccc(C(=O)Cc2ccc(S(=O)(=O)C[C@H]3CCOC3=O)cc2)cc1. The Kier molecular flexibility index (Phi) is 5.75. The molecule has 5 nitrogen and oxygen atoms in total. The number of aryl methyl sites for hydroxylation is 1. The number of hydrogen-bond acceptors (Lipinski definition) is 5. The molecule has 142 valence electrons. The van der Waals surface area contributed by atoms with Crippen LogP contribution in [0.5, 0.6) is 0 Å². The molecule has 0 N–H and O–H groups in total. The van der Waals surface area contributed by atoms with E-state index in [2.05, 4.69) is 6.92 Å². The number of ketones is 1. The zero-order valence-corrected chi connectivity index (χ0v) is 16.0. The Balaban J connectivity index is 1.67. The molecule has 2 aromatic carbocycles. The number of carbonyl (C=O) groups is 2. The summed E-state index contributed by atoms with van der Waals surface area (Å²) in [5.74, 6) is -1.30. The molecule has 3 rings (SSSR count). The van der Waals surface area contributed by atoms with E-state index in [4.69, 9.17) is 4.74 Å². The maximum atomic E-state index is 12.5. The van der Waals surface area contributed by atoms with Gasteiger partial charge in [0.25, 0.3) is 0 Å². The normalized spacial score (nSPS) is 16.9. The molecular formula is C21H22O5S. The summed E-state index contributed by atoms with van der Waals surface area (Å²) in [6.45, 7) is 2.33. The van der Waals surface area contributed by atoms with Crippen molar-refractivity contribution in [3.8, 4) is 0 Å². The number of rotatable bonds is 7. The fourth-order valence-corrected chi connectivity index (χ4v) is 4.65. The number of esters is 1. The van der Waals surface area contributed by atoms with Crippen molar-refractivity contribution >= 4 is 21.6 Å². The van der Waals surface area contributed by atoms with Crippen molar-refractivity contribution in [1.82, 2.24) is 0 Å². The van der Waals surface area contributed by atoms with Crippen molar-refractivity contribution in [1.29, 1.82) is 0 Å². The Bertz CT molecular complexity index is 928. The minimum atomic E-state index is -3.57. The van der Waals surface area contributed by atoms with Crippen molar-refractivity contribution in [2.24, 2.45) is 5.92 Å². The van der Waals surface area contributed by atoms with Gasteiger partial charge in [0.05, 0.1) is 23.2 Å². The Labute approximate surface area is 159 Å². The standard InChI is InChI=1S/C21H22O5S/c1-2-15-3-7-17(8-4-15)20(22)13-16-5-9-19(10-6-16)27(24,25)14-18-11-12-26-21(18)23/h3-10,18H,2,11-14H2,1H3/t18-/m1/s1. The van der Waals surface area contributed by atoms with Gasteiger partial charge in [0.15, 0.2) is 15.6 Å². The Morgan fingerprint density at radius 3 is 2.22 bits per heavy atom. The Morgan fingerprint density at radius 2 is 1.67 bits per heavy atom. The number of ether oxygens (including phenoxy) is 1. The summed E-state index contributed by atoms with van der Waals surface area (Å²) < 4.78 is 29.8. The molecule has 0 unspecified atom stereocenters. The van der Waals surface area contributed by atoms with Gasteiger partial charge in [-0.25, -0.2) is 8.42 Å². The van der Waals surface area contributed by atoms with E-state index in [1.165, 1.54) is 17.7 Å². The maximum absolute atomic E-state index is 12.5. The highest BCUT2D eigenvalue weighted by Crippen LogP contribution is 2.22. The van der Waals surface area contributed by atoms with Crippen LogP contribution in [0.4, 0.5) is 0 Å². The van der Waals surface area contributed by atoms with E-state index in [1.54, 1.807) is 12.1 Å². The van der Waals surface area contributed by atoms with Crippen LogP contribution < -0.4 is 0 Å². The summed E-state index contributed by atoms with van der Waals surface area (Å²) in [5.41, 5.74) is 2.56. The molecule has 1 fully saturated rings. The highest BCUT2D eigenvalue weighted by Gasteiger charge is 2.32. The molecule has 0 aliphatic carbocycles. The number of hydrogen-bond donors (Lipinski definition) is 0. The first-order valence-corrected chi connectivity index (χ1v) is 10.6. The minimum Gasteiger partial charge on any atom is -0.465 e. The fraction of sp³-hybridized carbons (Fsp3) is 0.333. The van der Waals surface area contributed by atoms with Crippen LogP contribution in [-0.4, -0.2) is 32.5 Å². The van der Waals surface area contributed by atoms with Crippen molar-refractivity contribution in [3.05, 3.63) is 65.2 Å². The molecule has 1 aliphatic rings. The molecule has 6 heteroatoms. The molecule has 1 aliphatic heterocycles. The van der Waals surface area contributed by atoms with E-state index in [0.717, 1.165) is 12.0 Å². The van der Waals surface area contributed by atoms with Gasteiger partial charge in [-0.3, -0.25) is 9.59 Å². The lowest BCUT2D eigenvalue weighted by Crippen LogP contribution is -2.20. The van der Waals surface area contributed by atoms with Crippen LogP contribution >= 0.6 is 0 Å². The van der Waals surface area contributed by atoms with Crippen LogP contribution in [0.2, 0.25) is 0 Å². The summed E-state index contributed by atoms with van der Waals surface area (Å²) >= 11 is 0. The third kappa shape index (κ3) is 4.63. The van der Waals surface area contributed by atoms with Crippen LogP contribution in [0.15, 0.2) is 53.4 Å². The minimum absolute atomic E-state index is 0.0121. The van der Waals surface area contributed by atoms with Gasteiger partial charge in [-0.2, -0.15) is 0 Å². The van der Waals surface area contributed by atoms with Gasteiger partial charge in [0.1, 0.15) is 0 Å². The molecule has 1 saturated heterocycles. The van der Waals surface area contributed by atoms with Gasteiger partial charge in [0, 0.05) is 12.0 Å². The highest BCUT2D eigenvalue weighted by molar-refractivity contribution is 7.91. The van der Waals surface area contributed by atoms with Crippen molar-refractivity contribution in [2.45, 2.75) is 31.1 Å². The molecule has 0 aromatic heterocycles. The number of benzene rings is 2. The van der Waals surface area contributed by atoms with Crippen molar-refractivity contribution in [2.75, 3.05) is 12.4 Å². The van der Waals surface area contributed by atoms with Gasteiger partial charge in [-0.1, -0.05) is 43.3 Å². The molecular weight excluding hydrogens is 364 g/mol. The van der Waals surface area contributed by atoms with E-state index >= 15 is 0 Å². The second-order valence-corrected chi connectivity index (χ2v) is 8.76. The van der Waals surface area contributed by atoms with Crippen LogP contribution in [-0.2, 0) is 32.2 Å². The van der Waals surface area contributed by atoms with E-state index in [9.17, 15) is 18.0 Å². The zero-order chi connectivity index (χ0) is 19.4. The summed E-state index contributed by atoms with van der Waals surface area (Å²) in [6.07, 6.45) is 1.56. The first-order valence-electron chi connectivity index (χ1n) is 8.99. The molecule has 0 bridgehead atoms. The third-order valence-electron chi connectivity index (χ3n) is 4.80. The van der Waals surface area contributed by atoms with Gasteiger partial charge < -0.3 is 4.74 Å². The van der Waals surface area contributed by atoms with Crippen LogP contribution in [0.3, 0.4) is 0 Å². The Hall–Kier alpha value is -2.47. The lowest BCUT2D eigenvalue weighted by molar-refractivity contribution is -0.140. The number of cyclic esters (lactones) is 1. The monoisotopic (exact) mass is 386 g/mol. The quantitative estimate of drug-likeness (QED) is 0.540. The lowest BCUT2D eigenvalue weighted by Gasteiger charge is -2.08. The van der Waals surface area contributed by atoms with Gasteiger partial charge >= 0.3 is 5.97 Å². The Morgan fingerprint density at radius 1 is 1.04 bits per heavy atom. The molecule has 2 aromatic rings. The summed E-state index contributed by atoms with van der Waals surface area (Å²) in [4.78, 5) is 24.1. The van der Waals surface area contributed by atoms with Gasteiger partial charge in [-0.05, 0) is 36.1 Å². The topological polar surface area (TPSA) is 77.5 Å². The predicted molar refractivity (Wildman–Crippen MR) is 101 cm³/mol. The summed E-state index contributed by atoms with van der Waals surface area (Å²) in [5, 5.41) is 0. The largest absolute Gasteiger partial charge is 0.465 e. The smallest absolute Gasteiger partial charge is 0.310 e. The predicted octanol–water partition coefficient (Wildman–Crippen LogP) is 3.01. The number of sulfone groups is 1.